The second kappa shape index (κ2) is 15.2. The molecule has 0 atom stereocenters. The van der Waals surface area contributed by atoms with E-state index >= 15 is 0 Å². The van der Waals surface area contributed by atoms with E-state index in [9.17, 15) is 9.59 Å². The van der Waals surface area contributed by atoms with Crippen LogP contribution in [0.3, 0.4) is 0 Å². The van der Waals surface area contributed by atoms with Gasteiger partial charge in [-0.2, -0.15) is 0 Å². The average molecular weight is 811 g/mol. The summed E-state index contributed by atoms with van der Waals surface area (Å²) in [7, 11) is 0. The molecule has 3 aliphatic rings. The molecule has 294 valence electrons. The van der Waals surface area contributed by atoms with E-state index in [-0.39, 0.29) is 16.4 Å². The fraction of sp³-hybridized carbons (Fsp3) is 0.0566. The molecule has 7 aromatic rings. The number of nitrogens with zero attached hydrogens (tertiary/aromatic N) is 2. The number of rotatable bonds is 6. The minimum absolute atomic E-state index is 0.0528. The molecule has 4 aromatic carbocycles. The number of hydrogen-bond donors (Lipinski definition) is 3. The Kier molecular flexibility index (Phi) is 9.42. The van der Waals surface area contributed by atoms with Gasteiger partial charge in [-0.05, 0) is 104 Å². The van der Waals surface area contributed by atoms with Crippen molar-refractivity contribution in [3.8, 4) is 50.3 Å². The van der Waals surface area contributed by atoms with Gasteiger partial charge in [0.05, 0.1) is 27.7 Å². The maximum atomic E-state index is 12.6. The van der Waals surface area contributed by atoms with Crippen LogP contribution in [0.4, 0.5) is 0 Å². The van der Waals surface area contributed by atoms with Gasteiger partial charge in [0, 0.05) is 56.5 Å². The van der Waals surface area contributed by atoms with Gasteiger partial charge in [-0.15, -0.1) is 12.6 Å². The first-order valence-corrected chi connectivity index (χ1v) is 20.5. The fourth-order valence-electron chi connectivity index (χ4n) is 8.01. The summed E-state index contributed by atoms with van der Waals surface area (Å²) >= 11 is 4.10. The molecule has 0 saturated heterocycles. The Morgan fingerprint density at radius 3 is 1.10 bits per heavy atom. The predicted octanol–water partition coefficient (Wildman–Crippen LogP) is 12.5. The van der Waals surface area contributed by atoms with Gasteiger partial charge in [0.25, 0.3) is 0 Å². The van der Waals surface area contributed by atoms with Gasteiger partial charge in [-0.1, -0.05) is 102 Å². The molecule has 0 spiro atoms. The summed E-state index contributed by atoms with van der Waals surface area (Å²) in [4.78, 5) is 43.4. The summed E-state index contributed by atoms with van der Waals surface area (Å²) in [6.07, 6.45) is 10.7. The maximum absolute atomic E-state index is 12.6. The van der Waals surface area contributed by atoms with Crippen LogP contribution in [0.25, 0.3) is 90.9 Å². The number of carbonyl (C=O) groups is 2. The Labute approximate surface area is 358 Å². The van der Waals surface area contributed by atoms with Crippen LogP contribution >= 0.6 is 12.6 Å². The number of benzene rings is 4. The summed E-state index contributed by atoms with van der Waals surface area (Å²) < 4.78 is 5.92. The van der Waals surface area contributed by atoms with E-state index in [4.69, 9.17) is 14.7 Å². The van der Waals surface area contributed by atoms with E-state index in [1.165, 1.54) is 28.8 Å². The van der Waals surface area contributed by atoms with Crippen LogP contribution in [-0.2, 0) is 9.59 Å². The monoisotopic (exact) mass is 810 g/mol. The average Bonchev–Trinajstić information content (AvgIpc) is 4.11. The minimum atomic E-state index is -0.417. The highest BCUT2D eigenvalue weighted by atomic mass is 32.1. The van der Waals surface area contributed by atoms with Crippen molar-refractivity contribution in [3.05, 3.63) is 184 Å². The first kappa shape index (κ1) is 37.7. The summed E-state index contributed by atoms with van der Waals surface area (Å²) in [5.74, 6) is -0.437. The number of nitrogens with one attached hydrogen (secondary N) is 2. The zero-order chi connectivity index (χ0) is 41.8. The lowest BCUT2D eigenvalue weighted by Gasteiger charge is -2.12. The standard InChI is InChI=1S/C53H38N4O3S/c1-30-4-10-33(11-5-30)50-38-20-22-40(54-38)51(34-12-6-31(2)7-13-34)42-24-26-44(56-42)53(36-16-18-37(19-17-36)60-48-28-47(59)49(61)29-46(48)58)45-27-25-43(57-45)52(41-23-21-39(50)55-41)35-14-8-32(3)9-15-35/h4-29,54,57,61H,1-3H3. The number of hydrogen-bond acceptors (Lipinski definition) is 6. The molecule has 8 bridgehead atoms. The van der Waals surface area contributed by atoms with Crippen molar-refractivity contribution in [1.29, 1.82) is 0 Å². The van der Waals surface area contributed by atoms with Gasteiger partial charge in [0.15, 0.2) is 11.5 Å². The Hall–Kier alpha value is -7.55. The number of aromatic amines is 2. The van der Waals surface area contributed by atoms with Crippen LogP contribution in [0.1, 0.15) is 39.5 Å². The SMILES string of the molecule is Cc1ccc(-c2c3nc(c(-c4ccc(C)cc4)c4ccc([nH]4)c(-c4ccc(OC5=CC(=O)C(S)=CC5=O)cc4)c4nc(c(-c5ccc(C)cc5)c5ccc2[nH]5)C=C4)C=C3)cc1. The van der Waals surface area contributed by atoms with Crippen LogP contribution in [0.15, 0.2) is 144 Å². The highest BCUT2D eigenvalue weighted by Gasteiger charge is 2.22. The molecule has 0 saturated carbocycles. The van der Waals surface area contributed by atoms with Gasteiger partial charge in [0.2, 0.25) is 5.78 Å². The van der Waals surface area contributed by atoms with Crippen LogP contribution in [-0.4, -0.2) is 31.5 Å². The van der Waals surface area contributed by atoms with Crippen molar-refractivity contribution in [2.45, 2.75) is 20.8 Å². The van der Waals surface area contributed by atoms with E-state index in [1.54, 1.807) is 12.1 Å². The lowest BCUT2D eigenvalue weighted by Crippen LogP contribution is -2.14. The van der Waals surface area contributed by atoms with Crippen molar-refractivity contribution in [2.24, 2.45) is 0 Å². The molecule has 0 amide bonds. The molecule has 2 N–H and O–H groups in total. The molecular formula is C53H38N4O3S. The zero-order valence-corrected chi connectivity index (χ0v) is 34.5. The number of allylic oxidation sites excluding steroid dienone is 3. The zero-order valence-electron chi connectivity index (χ0n) is 33.6. The van der Waals surface area contributed by atoms with Crippen LogP contribution in [0.2, 0.25) is 0 Å². The molecule has 8 heteroatoms. The van der Waals surface area contributed by atoms with Crippen molar-refractivity contribution in [3.63, 3.8) is 0 Å². The van der Waals surface area contributed by atoms with Crippen molar-refractivity contribution in [2.75, 3.05) is 0 Å². The fourth-order valence-corrected chi connectivity index (χ4v) is 8.19. The van der Waals surface area contributed by atoms with Crippen molar-refractivity contribution in [1.82, 2.24) is 19.9 Å². The number of aromatic nitrogens is 4. The quantitative estimate of drug-likeness (QED) is 0.115. The van der Waals surface area contributed by atoms with Crippen LogP contribution in [0, 0.1) is 20.8 Å². The molecule has 0 unspecified atom stereocenters. The summed E-state index contributed by atoms with van der Waals surface area (Å²) in [5, 5.41) is 0. The highest BCUT2D eigenvalue weighted by Crippen LogP contribution is 2.39. The van der Waals surface area contributed by atoms with Crippen LogP contribution in [0.5, 0.6) is 5.75 Å². The number of fused-ring (bicyclic) bond motifs is 8. The van der Waals surface area contributed by atoms with Gasteiger partial charge in [-0.3, -0.25) is 9.59 Å². The highest BCUT2D eigenvalue weighted by molar-refractivity contribution is 7.85. The number of H-pyrrole nitrogens is 2. The van der Waals surface area contributed by atoms with E-state index < -0.39 is 5.78 Å². The maximum Gasteiger partial charge on any atom is 0.222 e. The predicted molar refractivity (Wildman–Crippen MR) is 251 cm³/mol. The van der Waals surface area contributed by atoms with Crippen molar-refractivity contribution >= 4 is 70.6 Å². The van der Waals surface area contributed by atoms with Crippen LogP contribution < -0.4 is 4.74 Å². The molecule has 2 aliphatic heterocycles. The smallest absolute Gasteiger partial charge is 0.222 e. The lowest BCUT2D eigenvalue weighted by molar-refractivity contribution is -0.116. The van der Waals surface area contributed by atoms with Gasteiger partial charge in [-0.25, -0.2) is 9.97 Å². The van der Waals surface area contributed by atoms with E-state index in [2.05, 4.69) is 165 Å². The second-order valence-corrected chi connectivity index (χ2v) is 16.0. The Morgan fingerprint density at radius 2 is 0.754 bits per heavy atom. The molecule has 0 radical (unpaired) electrons. The minimum Gasteiger partial charge on any atom is -0.453 e. The summed E-state index contributed by atoms with van der Waals surface area (Å²) in [6.45, 7) is 6.28. The van der Waals surface area contributed by atoms with Gasteiger partial charge < -0.3 is 14.7 Å². The lowest BCUT2D eigenvalue weighted by atomic mass is 10.0. The third-order valence-electron chi connectivity index (χ3n) is 11.2. The third kappa shape index (κ3) is 7.17. The number of thiol groups is 1. The molecular weight excluding hydrogens is 773 g/mol. The first-order valence-electron chi connectivity index (χ1n) is 20.0. The Morgan fingerprint density at radius 1 is 0.426 bits per heavy atom. The normalized spacial score (nSPS) is 13.4. The first-order chi connectivity index (χ1) is 29.6. The molecule has 7 nitrogen and oxygen atoms in total. The number of carbonyl (C=O) groups excluding carboxylic acids is 2. The van der Waals surface area contributed by atoms with E-state index in [0.29, 0.717) is 5.75 Å². The molecule has 1 aliphatic carbocycles. The van der Waals surface area contributed by atoms with E-state index in [1.807, 2.05) is 12.1 Å². The number of ketones is 2. The Bertz CT molecular complexity index is 3210. The largest absolute Gasteiger partial charge is 0.453 e. The van der Waals surface area contributed by atoms with Gasteiger partial charge in [0.1, 0.15) is 5.75 Å². The molecule has 10 rings (SSSR count). The molecule has 5 heterocycles. The van der Waals surface area contributed by atoms with E-state index in [0.717, 1.165) is 89.4 Å². The summed E-state index contributed by atoms with van der Waals surface area (Å²) in [6, 6.07) is 41.6. The van der Waals surface area contributed by atoms with Crippen molar-refractivity contribution < 1.29 is 14.3 Å². The second-order valence-electron chi connectivity index (χ2n) is 15.5. The summed E-state index contributed by atoms with van der Waals surface area (Å²) in [5.41, 5.74) is 18.2. The molecule has 3 aromatic heterocycles. The Balaban J connectivity index is 1.27. The molecule has 61 heavy (non-hydrogen) atoms. The number of ether oxygens (including phenoxy) is 1. The molecule has 0 fully saturated rings. The van der Waals surface area contributed by atoms with Gasteiger partial charge >= 0.3 is 0 Å². The third-order valence-corrected chi connectivity index (χ3v) is 11.5. The number of aryl methyl sites for hydroxylation is 3. The topological polar surface area (TPSA) is 101 Å².